The number of nitrogens with zero attached hydrogens (tertiary/aromatic N) is 1. The molecule has 0 aromatic heterocycles. The molecule has 0 bridgehead atoms. The van der Waals surface area contributed by atoms with Crippen molar-refractivity contribution in [1.82, 2.24) is 4.90 Å². The summed E-state index contributed by atoms with van der Waals surface area (Å²) in [6.45, 7) is 17.0. The van der Waals surface area contributed by atoms with Crippen molar-refractivity contribution in [2.45, 2.75) is 78.0 Å². The lowest BCUT2D eigenvalue weighted by Crippen LogP contribution is -2.43. The third kappa shape index (κ3) is 11.5. The minimum Gasteiger partial charge on any atom is -0.381 e. The Morgan fingerprint density at radius 2 is 1.80 bits per heavy atom. The van der Waals surface area contributed by atoms with E-state index in [2.05, 4.69) is 51.3 Å². The highest BCUT2D eigenvalue weighted by Crippen LogP contribution is 2.22. The van der Waals surface area contributed by atoms with Crippen LogP contribution in [0.4, 0.5) is 0 Å². The normalized spacial score (nSPS) is 22.9. The minimum atomic E-state index is 0.346. The maximum absolute atomic E-state index is 6.10. The van der Waals surface area contributed by atoms with Gasteiger partial charge in [-0.05, 0) is 75.6 Å². The van der Waals surface area contributed by atoms with E-state index in [1.165, 1.54) is 57.5 Å². The molecule has 0 radical (unpaired) electrons. The van der Waals surface area contributed by atoms with Crippen LogP contribution in [-0.2, 0) is 4.74 Å². The highest BCUT2D eigenvalue weighted by Gasteiger charge is 2.22. The fourth-order valence-electron chi connectivity index (χ4n) is 3.29. The largest absolute Gasteiger partial charge is 0.381 e. The van der Waals surface area contributed by atoms with Crippen molar-refractivity contribution in [3.63, 3.8) is 0 Å². The van der Waals surface area contributed by atoms with Gasteiger partial charge in [-0.15, -0.1) is 0 Å². The number of rotatable bonds is 13. The average molecular weight is 373 g/mol. The monoisotopic (exact) mass is 372 g/mol. The lowest BCUT2D eigenvalue weighted by molar-refractivity contribution is 0.114. The van der Waals surface area contributed by atoms with E-state index in [4.69, 9.17) is 10.5 Å². The summed E-state index contributed by atoms with van der Waals surface area (Å²) < 4.78 is 5.75. The fourth-order valence-corrected chi connectivity index (χ4v) is 4.38. The van der Waals surface area contributed by atoms with Gasteiger partial charge in [-0.25, -0.2) is 0 Å². The van der Waals surface area contributed by atoms with Crippen LogP contribution < -0.4 is 5.73 Å². The SMILES string of the molecule is CC(C)CCOCCC(C)CSC(C)CCN1CCCC(C(C)N)C1. The zero-order chi connectivity index (χ0) is 18.7. The van der Waals surface area contributed by atoms with Crippen LogP contribution in [0.3, 0.4) is 0 Å². The molecule has 0 aromatic carbocycles. The van der Waals surface area contributed by atoms with E-state index in [1.54, 1.807) is 0 Å². The molecule has 25 heavy (non-hydrogen) atoms. The summed E-state index contributed by atoms with van der Waals surface area (Å²) in [4.78, 5) is 2.64. The molecule has 1 fully saturated rings. The van der Waals surface area contributed by atoms with Crippen molar-refractivity contribution in [2.24, 2.45) is 23.5 Å². The second-order valence-electron chi connectivity index (χ2n) is 8.68. The molecular weight excluding hydrogens is 328 g/mol. The molecule has 4 unspecified atom stereocenters. The number of nitrogens with two attached hydrogens (primary N) is 1. The first-order valence-corrected chi connectivity index (χ1v) is 11.6. The van der Waals surface area contributed by atoms with Crippen molar-refractivity contribution in [2.75, 3.05) is 38.6 Å². The van der Waals surface area contributed by atoms with Gasteiger partial charge in [-0.3, -0.25) is 0 Å². The molecule has 2 N–H and O–H groups in total. The Balaban J connectivity index is 2.05. The van der Waals surface area contributed by atoms with Gasteiger partial charge in [0, 0.05) is 31.1 Å². The van der Waals surface area contributed by atoms with E-state index in [9.17, 15) is 0 Å². The molecule has 3 nitrogen and oxygen atoms in total. The first-order valence-electron chi connectivity index (χ1n) is 10.6. The van der Waals surface area contributed by atoms with Gasteiger partial charge in [0.1, 0.15) is 0 Å². The van der Waals surface area contributed by atoms with Crippen LogP contribution in [0.1, 0.15) is 66.7 Å². The molecule has 0 saturated carbocycles. The van der Waals surface area contributed by atoms with Gasteiger partial charge < -0.3 is 15.4 Å². The lowest BCUT2D eigenvalue weighted by atomic mass is 9.92. The Morgan fingerprint density at radius 1 is 1.08 bits per heavy atom. The molecule has 1 aliphatic rings. The molecule has 0 spiro atoms. The maximum atomic E-state index is 6.10. The minimum absolute atomic E-state index is 0.346. The van der Waals surface area contributed by atoms with Gasteiger partial charge in [0.25, 0.3) is 0 Å². The Kier molecular flexibility index (Phi) is 12.5. The van der Waals surface area contributed by atoms with Gasteiger partial charge in [0.05, 0.1) is 0 Å². The number of likely N-dealkylation sites (tertiary alicyclic amines) is 1. The summed E-state index contributed by atoms with van der Waals surface area (Å²) in [7, 11) is 0. The Labute approximate surface area is 161 Å². The number of piperidine rings is 1. The Bertz CT molecular complexity index is 325. The van der Waals surface area contributed by atoms with E-state index in [-0.39, 0.29) is 0 Å². The summed E-state index contributed by atoms with van der Waals surface area (Å²) in [6, 6.07) is 0.346. The number of ether oxygens (including phenoxy) is 1. The van der Waals surface area contributed by atoms with Crippen LogP contribution in [0.5, 0.6) is 0 Å². The van der Waals surface area contributed by atoms with E-state index in [0.717, 1.165) is 30.3 Å². The van der Waals surface area contributed by atoms with E-state index >= 15 is 0 Å². The van der Waals surface area contributed by atoms with Gasteiger partial charge in [0.15, 0.2) is 0 Å². The molecular formula is C21H44N2OS. The van der Waals surface area contributed by atoms with Crippen molar-refractivity contribution >= 4 is 11.8 Å². The summed E-state index contributed by atoms with van der Waals surface area (Å²) in [5.74, 6) is 3.46. The van der Waals surface area contributed by atoms with Crippen LogP contribution in [-0.4, -0.2) is 54.8 Å². The van der Waals surface area contributed by atoms with Crippen molar-refractivity contribution in [3.05, 3.63) is 0 Å². The number of thioether (sulfide) groups is 1. The molecule has 0 aromatic rings. The summed E-state index contributed by atoms with van der Waals surface area (Å²) in [5, 5.41) is 0.750. The smallest absolute Gasteiger partial charge is 0.0468 e. The van der Waals surface area contributed by atoms with E-state index in [1.807, 2.05) is 0 Å². The molecule has 0 amide bonds. The molecule has 4 atom stereocenters. The second kappa shape index (κ2) is 13.4. The predicted octanol–water partition coefficient (Wildman–Crippen LogP) is 4.65. The highest BCUT2D eigenvalue weighted by molar-refractivity contribution is 7.99. The maximum Gasteiger partial charge on any atom is 0.0468 e. The molecule has 1 heterocycles. The van der Waals surface area contributed by atoms with Crippen molar-refractivity contribution < 1.29 is 4.74 Å². The van der Waals surface area contributed by atoms with Crippen LogP contribution in [0.25, 0.3) is 0 Å². The first kappa shape index (κ1) is 23.3. The van der Waals surface area contributed by atoms with E-state index in [0.29, 0.717) is 12.0 Å². The van der Waals surface area contributed by atoms with Gasteiger partial charge >= 0.3 is 0 Å². The predicted molar refractivity (Wildman–Crippen MR) is 113 cm³/mol. The summed E-state index contributed by atoms with van der Waals surface area (Å²) in [6.07, 6.45) is 6.31. The first-order chi connectivity index (χ1) is 11.9. The molecule has 1 rings (SSSR count). The van der Waals surface area contributed by atoms with Crippen LogP contribution >= 0.6 is 11.8 Å². The van der Waals surface area contributed by atoms with Crippen molar-refractivity contribution in [1.29, 1.82) is 0 Å². The number of hydrogen-bond acceptors (Lipinski definition) is 4. The van der Waals surface area contributed by atoms with Crippen LogP contribution in [0.15, 0.2) is 0 Å². The molecule has 150 valence electrons. The Morgan fingerprint density at radius 3 is 2.48 bits per heavy atom. The fraction of sp³-hybridized carbons (Fsp3) is 1.00. The third-order valence-electron chi connectivity index (χ3n) is 5.40. The van der Waals surface area contributed by atoms with Gasteiger partial charge in [-0.2, -0.15) is 11.8 Å². The zero-order valence-electron chi connectivity index (χ0n) is 17.5. The zero-order valence-corrected chi connectivity index (χ0v) is 18.3. The van der Waals surface area contributed by atoms with Crippen LogP contribution in [0.2, 0.25) is 0 Å². The summed E-state index contributed by atoms with van der Waals surface area (Å²) >= 11 is 2.14. The van der Waals surface area contributed by atoms with Gasteiger partial charge in [-0.1, -0.05) is 27.7 Å². The number of hydrogen-bond donors (Lipinski definition) is 1. The highest BCUT2D eigenvalue weighted by atomic mass is 32.2. The summed E-state index contributed by atoms with van der Waals surface area (Å²) in [5.41, 5.74) is 6.10. The topological polar surface area (TPSA) is 38.5 Å². The molecule has 4 heteroatoms. The molecule has 1 aliphatic heterocycles. The second-order valence-corrected chi connectivity index (χ2v) is 10.2. The quantitative estimate of drug-likeness (QED) is 0.478. The van der Waals surface area contributed by atoms with E-state index < -0.39 is 0 Å². The molecule has 1 saturated heterocycles. The van der Waals surface area contributed by atoms with Crippen molar-refractivity contribution in [3.8, 4) is 0 Å². The standard InChI is InChI=1S/C21H44N2OS/c1-17(2)9-13-24-14-10-18(3)16-25-19(4)8-12-23-11-6-7-21(15-23)20(5)22/h17-21H,6-16,22H2,1-5H3. The average Bonchev–Trinajstić information content (AvgIpc) is 2.57. The van der Waals surface area contributed by atoms with Crippen LogP contribution in [0, 0.1) is 17.8 Å². The Hall–Kier alpha value is 0.230. The lowest BCUT2D eigenvalue weighted by Gasteiger charge is -2.35. The van der Waals surface area contributed by atoms with Gasteiger partial charge in [0.2, 0.25) is 0 Å². The molecule has 0 aliphatic carbocycles. The third-order valence-corrected chi connectivity index (χ3v) is 6.96.